The van der Waals surface area contributed by atoms with Crippen LogP contribution in [-0.2, 0) is 9.53 Å². The zero-order valence-corrected chi connectivity index (χ0v) is 8.62. The monoisotopic (exact) mass is 184 g/mol. The van der Waals surface area contributed by atoms with Crippen LogP contribution in [0.4, 0.5) is 0 Å². The number of carbonyl (C=O) groups excluding carboxylic acids is 1. The summed E-state index contributed by atoms with van der Waals surface area (Å²) in [4.78, 5) is 10.9. The first-order valence-corrected chi connectivity index (χ1v) is 4.20. The molecule has 0 aromatic heterocycles. The van der Waals surface area contributed by atoms with E-state index < -0.39 is 0 Å². The summed E-state index contributed by atoms with van der Waals surface area (Å²) in [7, 11) is 3.95. The van der Waals surface area contributed by atoms with E-state index in [-0.39, 0.29) is 12.2 Å². The Bertz CT molecular complexity index is 209. The van der Waals surface area contributed by atoms with Crippen LogP contribution in [0.3, 0.4) is 0 Å². The molecule has 0 N–H and O–H groups in total. The summed E-state index contributed by atoms with van der Waals surface area (Å²) >= 11 is 0. The molecule has 0 aliphatic heterocycles. The topological polar surface area (TPSA) is 26.3 Å². The second-order valence-corrected chi connectivity index (χ2v) is 3.49. The van der Waals surface area contributed by atoms with E-state index in [9.17, 15) is 4.79 Å². The summed E-state index contributed by atoms with van der Waals surface area (Å²) < 4.78 is 5.66. The molecule has 3 heteroatoms. The molecule has 0 aromatic carbocycles. The molecule has 1 atom stereocenters. The molecule has 0 amide bonds. The molecule has 1 unspecified atom stereocenters. The third kappa shape index (κ3) is 3.90. The van der Waals surface area contributed by atoms with Gasteiger partial charge in [-0.15, -0.1) is 0 Å². The minimum absolute atomic E-state index is 0.191. The van der Waals surface area contributed by atoms with Crippen LogP contribution in [0.2, 0.25) is 0 Å². The molecular weight excluding hydrogens is 166 g/mol. The van der Waals surface area contributed by atoms with Crippen LogP contribution >= 0.6 is 0 Å². The molecule has 0 rings (SSSR count). The van der Waals surface area contributed by atoms with Crippen molar-refractivity contribution in [3.8, 4) is 0 Å². The Morgan fingerprint density at radius 2 is 2.08 bits per heavy atom. The normalized spacial score (nSPS) is 13.2. The van der Waals surface area contributed by atoms with Gasteiger partial charge in [-0.3, -0.25) is 4.48 Å². The van der Waals surface area contributed by atoms with Crippen molar-refractivity contribution in [1.82, 2.24) is 0 Å². The quantitative estimate of drug-likeness (QED) is 0.212. The van der Waals surface area contributed by atoms with Gasteiger partial charge in [0.25, 0.3) is 0 Å². The molecule has 74 valence electrons. The maximum atomic E-state index is 10.9. The first-order valence-electron chi connectivity index (χ1n) is 4.20. The van der Waals surface area contributed by atoms with Crippen molar-refractivity contribution in [2.24, 2.45) is 0 Å². The van der Waals surface area contributed by atoms with Crippen molar-refractivity contribution in [2.45, 2.75) is 13.2 Å². The average molecular weight is 184 g/mol. The second kappa shape index (κ2) is 4.82. The molecule has 0 aliphatic carbocycles. The maximum absolute atomic E-state index is 10.9. The first-order chi connectivity index (χ1) is 5.94. The van der Waals surface area contributed by atoms with Gasteiger partial charge in [0.2, 0.25) is 6.23 Å². The van der Waals surface area contributed by atoms with E-state index >= 15 is 0 Å². The highest BCUT2D eigenvalue weighted by atomic mass is 16.6. The molecule has 0 saturated carbocycles. The predicted molar refractivity (Wildman–Crippen MR) is 52.9 cm³/mol. The van der Waals surface area contributed by atoms with Crippen LogP contribution in [-0.4, -0.2) is 37.3 Å². The third-order valence-electron chi connectivity index (χ3n) is 2.04. The number of hydrogen-bond donors (Lipinski definition) is 0. The number of hydrogen-bond acceptors (Lipinski definition) is 2. The molecule has 0 saturated heterocycles. The molecule has 0 aromatic rings. The number of quaternary nitrogens is 1. The SMILES string of the molecule is C=CC[N+](C)(C)C(C)OC(=O)C=C. The average Bonchev–Trinajstić information content (AvgIpc) is 2.04. The second-order valence-electron chi connectivity index (χ2n) is 3.49. The van der Waals surface area contributed by atoms with Crippen molar-refractivity contribution in [1.29, 1.82) is 0 Å². The van der Waals surface area contributed by atoms with Crippen molar-refractivity contribution in [3.05, 3.63) is 25.3 Å². The Morgan fingerprint density at radius 3 is 2.46 bits per heavy atom. The molecule has 0 spiro atoms. The van der Waals surface area contributed by atoms with Gasteiger partial charge < -0.3 is 4.74 Å². The van der Waals surface area contributed by atoms with Gasteiger partial charge in [-0.25, -0.2) is 4.79 Å². The van der Waals surface area contributed by atoms with Gasteiger partial charge in [0.1, 0.15) is 0 Å². The number of rotatable bonds is 5. The number of esters is 1. The predicted octanol–water partition coefficient (Wildman–Crippen LogP) is 1.32. The van der Waals surface area contributed by atoms with Gasteiger partial charge in [0, 0.05) is 13.0 Å². The highest BCUT2D eigenvalue weighted by molar-refractivity contribution is 5.81. The Morgan fingerprint density at radius 1 is 1.54 bits per heavy atom. The Balaban J connectivity index is 4.22. The minimum atomic E-state index is -0.386. The lowest BCUT2D eigenvalue weighted by atomic mass is 10.4. The Kier molecular flexibility index (Phi) is 4.42. The van der Waals surface area contributed by atoms with E-state index in [1.165, 1.54) is 6.08 Å². The Labute approximate surface area is 79.9 Å². The van der Waals surface area contributed by atoms with Gasteiger partial charge in [-0.1, -0.05) is 13.2 Å². The highest BCUT2D eigenvalue weighted by Crippen LogP contribution is 2.07. The van der Waals surface area contributed by atoms with Gasteiger partial charge in [-0.05, 0) is 6.08 Å². The third-order valence-corrected chi connectivity index (χ3v) is 2.04. The molecule has 0 radical (unpaired) electrons. The summed E-state index contributed by atoms with van der Waals surface area (Å²) in [5.74, 6) is -0.386. The number of likely N-dealkylation sites (N-methyl/N-ethyl adjacent to an activating group) is 1. The molecule has 0 heterocycles. The smallest absolute Gasteiger partial charge is 0.334 e. The van der Waals surface area contributed by atoms with E-state index in [1.54, 1.807) is 6.08 Å². The van der Waals surface area contributed by atoms with Crippen molar-refractivity contribution in [2.75, 3.05) is 20.6 Å². The summed E-state index contributed by atoms with van der Waals surface area (Å²) in [6.45, 7) is 9.60. The zero-order valence-electron chi connectivity index (χ0n) is 8.62. The maximum Gasteiger partial charge on any atom is 0.334 e. The molecule has 0 fully saturated rings. The van der Waals surface area contributed by atoms with Gasteiger partial charge >= 0.3 is 5.97 Å². The van der Waals surface area contributed by atoms with Crippen molar-refractivity contribution < 1.29 is 14.0 Å². The van der Waals surface area contributed by atoms with Gasteiger partial charge in [0.15, 0.2) is 0 Å². The van der Waals surface area contributed by atoms with E-state index in [4.69, 9.17) is 4.74 Å². The molecule has 0 aliphatic rings. The fourth-order valence-electron chi connectivity index (χ4n) is 0.840. The minimum Gasteiger partial charge on any atom is -0.410 e. The van der Waals surface area contributed by atoms with E-state index in [1.807, 2.05) is 21.0 Å². The van der Waals surface area contributed by atoms with Crippen LogP contribution in [0.5, 0.6) is 0 Å². The van der Waals surface area contributed by atoms with Crippen LogP contribution in [0.1, 0.15) is 6.92 Å². The fourth-order valence-corrected chi connectivity index (χ4v) is 0.840. The lowest BCUT2D eigenvalue weighted by Crippen LogP contribution is -2.49. The fraction of sp³-hybridized carbons (Fsp3) is 0.500. The molecule has 3 nitrogen and oxygen atoms in total. The van der Waals surface area contributed by atoms with Gasteiger partial charge in [-0.2, -0.15) is 0 Å². The first kappa shape index (κ1) is 11.9. The van der Waals surface area contributed by atoms with Crippen molar-refractivity contribution >= 4 is 5.97 Å². The summed E-state index contributed by atoms with van der Waals surface area (Å²) in [6.07, 6.45) is 2.78. The Hall–Kier alpha value is -1.09. The molecular formula is C10H18NO2+. The number of nitrogens with zero attached hydrogens (tertiary/aromatic N) is 1. The van der Waals surface area contributed by atoms with E-state index in [2.05, 4.69) is 13.2 Å². The summed E-state index contributed by atoms with van der Waals surface area (Å²) in [5.41, 5.74) is 0. The largest absolute Gasteiger partial charge is 0.410 e. The van der Waals surface area contributed by atoms with Crippen LogP contribution in [0, 0.1) is 0 Å². The van der Waals surface area contributed by atoms with Crippen molar-refractivity contribution in [3.63, 3.8) is 0 Å². The van der Waals surface area contributed by atoms with E-state index in [0.29, 0.717) is 4.48 Å². The number of ether oxygens (including phenoxy) is 1. The number of carbonyl (C=O) groups is 1. The zero-order chi connectivity index (χ0) is 10.5. The summed E-state index contributed by atoms with van der Waals surface area (Å²) in [6, 6.07) is 0. The van der Waals surface area contributed by atoms with E-state index in [0.717, 1.165) is 6.54 Å². The highest BCUT2D eigenvalue weighted by Gasteiger charge is 2.24. The van der Waals surface area contributed by atoms with Gasteiger partial charge in [0.05, 0.1) is 20.6 Å². The standard InChI is InChI=1S/C10H18NO2/c1-6-8-11(4,5)9(3)13-10(12)7-2/h6-7,9H,1-2,8H2,3-5H3/q+1. The van der Waals surface area contributed by atoms with Crippen LogP contribution in [0.15, 0.2) is 25.3 Å². The van der Waals surface area contributed by atoms with Crippen LogP contribution < -0.4 is 0 Å². The molecule has 13 heavy (non-hydrogen) atoms. The lowest BCUT2D eigenvalue weighted by Gasteiger charge is -2.33. The molecule has 0 bridgehead atoms. The van der Waals surface area contributed by atoms with Crippen LogP contribution in [0.25, 0.3) is 0 Å². The lowest BCUT2D eigenvalue weighted by molar-refractivity contribution is -0.927. The summed E-state index contributed by atoms with van der Waals surface area (Å²) in [5, 5.41) is 0.